The van der Waals surface area contributed by atoms with Gasteiger partial charge in [0.25, 0.3) is 0 Å². The van der Waals surface area contributed by atoms with E-state index in [2.05, 4.69) is 6.07 Å². The average Bonchev–Trinajstić information content (AvgIpc) is 3.26. The van der Waals surface area contributed by atoms with Crippen LogP contribution in [0.15, 0.2) is 53.9 Å². The Balaban J connectivity index is 1.48. The number of hydrogen-bond donors (Lipinski definition) is 0. The third kappa shape index (κ3) is 5.73. The maximum Gasteiger partial charge on any atom is 0.305 e. The molecule has 1 aliphatic heterocycles. The quantitative estimate of drug-likeness (QED) is 0.329. The van der Waals surface area contributed by atoms with E-state index in [9.17, 15) is 14.4 Å². The zero-order valence-electron chi connectivity index (χ0n) is 20.7. The molecule has 6 nitrogen and oxygen atoms in total. The fraction of sp³-hybridized carbons (Fsp3) is 0.393. The molecule has 4 rings (SSSR count). The van der Waals surface area contributed by atoms with Gasteiger partial charge in [-0.15, -0.1) is 11.3 Å². The number of likely N-dealkylation sites (tertiary alicyclic amines) is 1. The second-order valence-electron chi connectivity index (χ2n) is 9.26. The number of esters is 1. The fourth-order valence-corrected chi connectivity index (χ4v) is 5.75. The van der Waals surface area contributed by atoms with Gasteiger partial charge in [-0.25, -0.2) is 0 Å². The number of carbonyl (C=O) groups is 3. The lowest BCUT2D eigenvalue weighted by Crippen LogP contribution is -2.68. The van der Waals surface area contributed by atoms with Gasteiger partial charge >= 0.3 is 5.97 Å². The first-order valence-electron chi connectivity index (χ1n) is 12.3. The minimum Gasteiger partial charge on any atom is -0.466 e. The zero-order valence-corrected chi connectivity index (χ0v) is 22.2. The third-order valence-corrected chi connectivity index (χ3v) is 8.04. The number of benzene rings is 2. The number of hydrogen-bond acceptors (Lipinski definition) is 5. The molecule has 2 aromatic carbocycles. The Hall–Kier alpha value is -2.90. The molecular weight excluding hydrogens is 496 g/mol. The molecular formula is C28H31ClN2O4S. The van der Waals surface area contributed by atoms with Crippen LogP contribution in [0, 0.1) is 0 Å². The number of fused-ring (bicyclic) bond motifs is 1. The first-order valence-corrected chi connectivity index (χ1v) is 13.5. The molecule has 1 aliphatic rings. The molecule has 1 fully saturated rings. The van der Waals surface area contributed by atoms with E-state index < -0.39 is 5.54 Å². The maximum atomic E-state index is 13.8. The van der Waals surface area contributed by atoms with Crippen molar-refractivity contribution in [2.75, 3.05) is 19.7 Å². The van der Waals surface area contributed by atoms with Crippen molar-refractivity contribution in [3.8, 4) is 0 Å². The second kappa shape index (κ2) is 11.4. The monoisotopic (exact) mass is 526 g/mol. The first kappa shape index (κ1) is 26.2. The Kier molecular flexibility index (Phi) is 8.32. The highest BCUT2D eigenvalue weighted by molar-refractivity contribution is 7.17. The molecule has 2 heterocycles. The number of ether oxygens (including phenoxy) is 1. The lowest BCUT2D eigenvalue weighted by molar-refractivity contribution is -0.164. The van der Waals surface area contributed by atoms with Crippen LogP contribution in [-0.2, 0) is 32.1 Å². The topological polar surface area (TPSA) is 66.9 Å². The Bertz CT molecular complexity index is 1240. The number of amides is 2. The van der Waals surface area contributed by atoms with Crippen LogP contribution in [0.3, 0.4) is 0 Å². The summed E-state index contributed by atoms with van der Waals surface area (Å²) in [7, 11) is 0. The predicted molar refractivity (Wildman–Crippen MR) is 143 cm³/mol. The standard InChI is InChI=1S/C28H31ClN2O4S/c1-3-35-26(33)9-6-15-30(18-20-10-12-22(29)13-11-20)27(34)28(2)14-16-31(28)25(32)17-21-19-36-24-8-5-4-7-23(21)24/h4-5,7-8,10-13,19H,3,6,9,14-18H2,1-2H3. The van der Waals surface area contributed by atoms with Crippen molar-refractivity contribution < 1.29 is 19.1 Å². The van der Waals surface area contributed by atoms with Crippen LogP contribution in [-0.4, -0.2) is 52.8 Å². The second-order valence-corrected chi connectivity index (χ2v) is 10.6. The lowest BCUT2D eigenvalue weighted by Gasteiger charge is -2.51. The van der Waals surface area contributed by atoms with Gasteiger partial charge in [-0.05, 0) is 66.8 Å². The molecule has 0 N–H and O–H groups in total. The number of rotatable bonds is 10. The molecule has 190 valence electrons. The number of nitrogens with zero attached hydrogens (tertiary/aromatic N) is 2. The summed E-state index contributed by atoms with van der Waals surface area (Å²) in [5.41, 5.74) is 1.03. The maximum absolute atomic E-state index is 13.8. The van der Waals surface area contributed by atoms with Crippen LogP contribution >= 0.6 is 22.9 Å². The summed E-state index contributed by atoms with van der Waals surface area (Å²) in [6.07, 6.45) is 1.61. The molecule has 8 heteroatoms. The summed E-state index contributed by atoms with van der Waals surface area (Å²) in [6, 6.07) is 15.4. The third-order valence-electron chi connectivity index (χ3n) is 6.77. The van der Waals surface area contributed by atoms with E-state index in [1.807, 2.05) is 42.6 Å². The highest BCUT2D eigenvalue weighted by Gasteiger charge is 2.50. The van der Waals surface area contributed by atoms with Gasteiger partial charge in [-0.3, -0.25) is 14.4 Å². The van der Waals surface area contributed by atoms with E-state index in [0.29, 0.717) is 44.1 Å². The van der Waals surface area contributed by atoms with Crippen molar-refractivity contribution in [2.45, 2.75) is 51.6 Å². The summed E-state index contributed by atoms with van der Waals surface area (Å²) >= 11 is 7.66. The van der Waals surface area contributed by atoms with Crippen molar-refractivity contribution in [1.29, 1.82) is 0 Å². The summed E-state index contributed by atoms with van der Waals surface area (Å²) in [5, 5.41) is 3.75. The molecule has 0 spiro atoms. The zero-order chi connectivity index (χ0) is 25.7. The lowest BCUT2D eigenvalue weighted by atomic mass is 9.84. The smallest absolute Gasteiger partial charge is 0.305 e. The van der Waals surface area contributed by atoms with E-state index in [1.165, 1.54) is 0 Å². The van der Waals surface area contributed by atoms with E-state index in [4.69, 9.17) is 16.3 Å². The minimum absolute atomic E-state index is 0.0429. The van der Waals surface area contributed by atoms with Gasteiger partial charge in [-0.1, -0.05) is 41.9 Å². The SMILES string of the molecule is CCOC(=O)CCCN(Cc1ccc(Cl)cc1)C(=O)C1(C)CCN1C(=O)Cc1csc2ccccc12. The van der Waals surface area contributed by atoms with E-state index in [0.717, 1.165) is 21.2 Å². The average molecular weight is 527 g/mol. The van der Waals surface area contributed by atoms with Gasteiger partial charge in [0.2, 0.25) is 11.8 Å². The van der Waals surface area contributed by atoms with Gasteiger partial charge in [0.05, 0.1) is 13.0 Å². The fourth-order valence-electron chi connectivity index (χ4n) is 4.66. The molecule has 1 aromatic heterocycles. The Morgan fingerprint density at radius 1 is 1.14 bits per heavy atom. The van der Waals surface area contributed by atoms with Crippen LogP contribution in [0.4, 0.5) is 0 Å². The van der Waals surface area contributed by atoms with Crippen LogP contribution in [0.2, 0.25) is 5.02 Å². The normalized spacial score (nSPS) is 17.0. The largest absolute Gasteiger partial charge is 0.466 e. The van der Waals surface area contributed by atoms with Crippen molar-refractivity contribution in [1.82, 2.24) is 9.80 Å². The van der Waals surface area contributed by atoms with Crippen LogP contribution in [0.1, 0.15) is 44.2 Å². The molecule has 0 radical (unpaired) electrons. The van der Waals surface area contributed by atoms with Gasteiger partial charge in [-0.2, -0.15) is 0 Å². The Labute approximate surface area is 220 Å². The van der Waals surface area contributed by atoms with Gasteiger partial charge in [0.1, 0.15) is 5.54 Å². The first-order chi connectivity index (χ1) is 17.3. The van der Waals surface area contributed by atoms with Crippen LogP contribution < -0.4 is 0 Å². The predicted octanol–water partition coefficient (Wildman–Crippen LogP) is 5.46. The highest BCUT2D eigenvalue weighted by atomic mass is 35.5. The van der Waals surface area contributed by atoms with Gasteiger partial charge in [0.15, 0.2) is 0 Å². The number of halogens is 1. The minimum atomic E-state index is -0.904. The van der Waals surface area contributed by atoms with Crippen molar-refractivity contribution in [3.63, 3.8) is 0 Å². The molecule has 0 saturated carbocycles. The van der Waals surface area contributed by atoms with Gasteiger partial charge < -0.3 is 14.5 Å². The van der Waals surface area contributed by atoms with Crippen molar-refractivity contribution in [3.05, 3.63) is 70.1 Å². The molecule has 2 amide bonds. The number of thiophene rings is 1. The van der Waals surface area contributed by atoms with E-state index in [-0.39, 0.29) is 30.6 Å². The summed E-state index contributed by atoms with van der Waals surface area (Å²) in [4.78, 5) is 42.5. The highest BCUT2D eigenvalue weighted by Crippen LogP contribution is 2.35. The molecule has 36 heavy (non-hydrogen) atoms. The van der Waals surface area contributed by atoms with Crippen LogP contribution in [0.5, 0.6) is 0 Å². The molecule has 3 aromatic rings. The molecule has 1 unspecified atom stereocenters. The molecule has 1 atom stereocenters. The molecule has 0 bridgehead atoms. The summed E-state index contributed by atoms with van der Waals surface area (Å²) < 4.78 is 6.19. The van der Waals surface area contributed by atoms with E-state index in [1.54, 1.807) is 40.2 Å². The van der Waals surface area contributed by atoms with Crippen molar-refractivity contribution >= 4 is 50.8 Å². The summed E-state index contributed by atoms with van der Waals surface area (Å²) in [5.74, 6) is -0.416. The molecule has 1 saturated heterocycles. The van der Waals surface area contributed by atoms with E-state index >= 15 is 0 Å². The van der Waals surface area contributed by atoms with Gasteiger partial charge in [0, 0.05) is 35.8 Å². The summed E-state index contributed by atoms with van der Waals surface area (Å²) in [6.45, 7) is 5.29. The van der Waals surface area contributed by atoms with Crippen molar-refractivity contribution in [2.24, 2.45) is 0 Å². The van der Waals surface area contributed by atoms with Crippen LogP contribution in [0.25, 0.3) is 10.1 Å². The Morgan fingerprint density at radius 3 is 2.58 bits per heavy atom. The Morgan fingerprint density at radius 2 is 1.89 bits per heavy atom. The molecule has 0 aliphatic carbocycles. The number of carbonyl (C=O) groups excluding carboxylic acids is 3.